The van der Waals surface area contributed by atoms with E-state index < -0.39 is 0 Å². The molecular formula is C17H16N2. The molecule has 1 atom stereocenters. The highest BCUT2D eigenvalue weighted by Crippen LogP contribution is 2.32. The van der Waals surface area contributed by atoms with Gasteiger partial charge in [0.15, 0.2) is 0 Å². The van der Waals surface area contributed by atoms with Gasteiger partial charge in [-0.15, -0.1) is 0 Å². The predicted octanol–water partition coefficient (Wildman–Crippen LogP) is 3.51. The SMILES string of the molecule is C[C@H]1Cc2ccccc2N1Cc1ccc(C#N)cc1. The van der Waals surface area contributed by atoms with Gasteiger partial charge < -0.3 is 4.90 Å². The lowest BCUT2D eigenvalue weighted by molar-refractivity contribution is 0.672. The molecule has 0 spiro atoms. The van der Waals surface area contributed by atoms with E-state index in [2.05, 4.69) is 42.2 Å². The van der Waals surface area contributed by atoms with Crippen LogP contribution in [0.25, 0.3) is 0 Å². The Balaban J connectivity index is 1.85. The van der Waals surface area contributed by atoms with Gasteiger partial charge in [0.25, 0.3) is 0 Å². The van der Waals surface area contributed by atoms with Gasteiger partial charge in [-0.1, -0.05) is 30.3 Å². The van der Waals surface area contributed by atoms with Crippen molar-refractivity contribution in [2.75, 3.05) is 4.90 Å². The third kappa shape index (κ3) is 2.20. The molecule has 1 aliphatic heterocycles. The second-order valence-electron chi connectivity index (χ2n) is 5.12. The van der Waals surface area contributed by atoms with Gasteiger partial charge >= 0.3 is 0 Å². The molecule has 0 bridgehead atoms. The molecule has 2 heteroatoms. The van der Waals surface area contributed by atoms with Crippen LogP contribution in [-0.2, 0) is 13.0 Å². The molecule has 2 aromatic carbocycles. The van der Waals surface area contributed by atoms with Crippen molar-refractivity contribution in [1.29, 1.82) is 5.26 Å². The third-order valence-corrected chi connectivity index (χ3v) is 3.78. The lowest BCUT2D eigenvalue weighted by Gasteiger charge is -2.25. The van der Waals surface area contributed by atoms with Crippen LogP contribution in [0.3, 0.4) is 0 Å². The van der Waals surface area contributed by atoms with Gasteiger partial charge in [0, 0.05) is 18.3 Å². The standard InChI is InChI=1S/C17H16N2/c1-13-10-16-4-2-3-5-17(16)19(13)12-15-8-6-14(11-18)7-9-15/h2-9,13H,10,12H2,1H3/t13-/m0/s1. The first-order chi connectivity index (χ1) is 9.28. The molecule has 19 heavy (non-hydrogen) atoms. The van der Waals surface area contributed by atoms with Crippen molar-refractivity contribution in [2.24, 2.45) is 0 Å². The highest BCUT2D eigenvalue weighted by molar-refractivity contribution is 5.59. The van der Waals surface area contributed by atoms with E-state index in [9.17, 15) is 0 Å². The predicted molar refractivity (Wildman–Crippen MR) is 76.9 cm³/mol. The summed E-state index contributed by atoms with van der Waals surface area (Å²) >= 11 is 0. The number of rotatable bonds is 2. The first kappa shape index (κ1) is 11.8. The van der Waals surface area contributed by atoms with Gasteiger partial charge in [-0.2, -0.15) is 5.26 Å². The summed E-state index contributed by atoms with van der Waals surface area (Å²) in [7, 11) is 0. The van der Waals surface area contributed by atoms with Crippen molar-refractivity contribution in [3.8, 4) is 6.07 Å². The molecule has 94 valence electrons. The molecular weight excluding hydrogens is 232 g/mol. The summed E-state index contributed by atoms with van der Waals surface area (Å²) in [6.45, 7) is 3.17. The van der Waals surface area contributed by atoms with Gasteiger partial charge in [0.2, 0.25) is 0 Å². The first-order valence-corrected chi connectivity index (χ1v) is 6.61. The maximum Gasteiger partial charge on any atom is 0.0991 e. The van der Waals surface area contributed by atoms with Crippen molar-refractivity contribution in [1.82, 2.24) is 0 Å². The number of hydrogen-bond acceptors (Lipinski definition) is 2. The largest absolute Gasteiger partial charge is 0.364 e. The fraction of sp³-hybridized carbons (Fsp3) is 0.235. The Labute approximate surface area is 113 Å². The Morgan fingerprint density at radius 3 is 2.63 bits per heavy atom. The molecule has 0 unspecified atom stereocenters. The lowest BCUT2D eigenvalue weighted by atomic mass is 10.1. The Hall–Kier alpha value is -2.27. The zero-order chi connectivity index (χ0) is 13.2. The topological polar surface area (TPSA) is 27.0 Å². The van der Waals surface area contributed by atoms with Crippen LogP contribution < -0.4 is 4.90 Å². The molecule has 0 aliphatic carbocycles. The monoisotopic (exact) mass is 248 g/mol. The van der Waals surface area contributed by atoms with Crippen LogP contribution in [0, 0.1) is 11.3 Å². The highest BCUT2D eigenvalue weighted by Gasteiger charge is 2.25. The van der Waals surface area contributed by atoms with E-state index in [-0.39, 0.29) is 0 Å². The normalized spacial score (nSPS) is 17.1. The second kappa shape index (κ2) is 4.78. The number of nitrogens with zero attached hydrogens (tertiary/aromatic N) is 2. The van der Waals surface area contributed by atoms with Crippen LogP contribution in [-0.4, -0.2) is 6.04 Å². The number of hydrogen-bond donors (Lipinski definition) is 0. The minimum Gasteiger partial charge on any atom is -0.364 e. The average Bonchev–Trinajstić information content (AvgIpc) is 2.76. The van der Waals surface area contributed by atoms with E-state index in [1.807, 2.05) is 24.3 Å². The van der Waals surface area contributed by atoms with Crippen molar-refractivity contribution >= 4 is 5.69 Å². The number of nitriles is 1. The minimum absolute atomic E-state index is 0.535. The molecule has 0 saturated carbocycles. The molecule has 3 rings (SSSR count). The molecule has 0 amide bonds. The quantitative estimate of drug-likeness (QED) is 0.813. The first-order valence-electron chi connectivity index (χ1n) is 6.61. The minimum atomic E-state index is 0.535. The Kier molecular flexibility index (Phi) is 2.97. The van der Waals surface area contributed by atoms with Crippen LogP contribution >= 0.6 is 0 Å². The zero-order valence-electron chi connectivity index (χ0n) is 11.0. The Morgan fingerprint density at radius 2 is 1.89 bits per heavy atom. The molecule has 1 aliphatic rings. The van der Waals surface area contributed by atoms with Gasteiger partial charge in [-0.25, -0.2) is 0 Å². The maximum atomic E-state index is 8.82. The molecule has 2 nitrogen and oxygen atoms in total. The Bertz CT molecular complexity index is 622. The van der Waals surface area contributed by atoms with E-state index >= 15 is 0 Å². The summed E-state index contributed by atoms with van der Waals surface area (Å²) < 4.78 is 0. The number of para-hydroxylation sites is 1. The van der Waals surface area contributed by atoms with Crippen LogP contribution in [0.15, 0.2) is 48.5 Å². The summed E-state index contributed by atoms with van der Waals surface area (Å²) in [5, 5.41) is 8.82. The fourth-order valence-electron chi connectivity index (χ4n) is 2.75. The fourth-order valence-corrected chi connectivity index (χ4v) is 2.75. The van der Waals surface area contributed by atoms with E-state index in [0.29, 0.717) is 6.04 Å². The molecule has 1 heterocycles. The van der Waals surface area contributed by atoms with Crippen LogP contribution in [0.2, 0.25) is 0 Å². The summed E-state index contributed by atoms with van der Waals surface area (Å²) in [6, 6.07) is 19.2. The zero-order valence-corrected chi connectivity index (χ0v) is 11.0. The number of anilines is 1. The van der Waals surface area contributed by atoms with E-state index in [0.717, 1.165) is 18.5 Å². The van der Waals surface area contributed by atoms with Crippen LogP contribution in [0.1, 0.15) is 23.6 Å². The van der Waals surface area contributed by atoms with Gasteiger partial charge in [0.05, 0.1) is 11.6 Å². The average molecular weight is 248 g/mol. The second-order valence-corrected chi connectivity index (χ2v) is 5.12. The summed E-state index contributed by atoms with van der Waals surface area (Å²) in [5.74, 6) is 0. The molecule has 0 fully saturated rings. The van der Waals surface area contributed by atoms with Crippen LogP contribution in [0.5, 0.6) is 0 Å². The van der Waals surface area contributed by atoms with Gasteiger partial charge in [0.1, 0.15) is 0 Å². The van der Waals surface area contributed by atoms with Crippen molar-refractivity contribution < 1.29 is 0 Å². The van der Waals surface area contributed by atoms with Crippen molar-refractivity contribution in [3.05, 3.63) is 65.2 Å². The highest BCUT2D eigenvalue weighted by atomic mass is 15.2. The molecule has 0 N–H and O–H groups in total. The summed E-state index contributed by atoms with van der Waals surface area (Å²) in [4.78, 5) is 2.44. The third-order valence-electron chi connectivity index (χ3n) is 3.78. The van der Waals surface area contributed by atoms with Crippen molar-refractivity contribution in [2.45, 2.75) is 25.9 Å². The van der Waals surface area contributed by atoms with E-state index in [1.165, 1.54) is 16.8 Å². The maximum absolute atomic E-state index is 8.82. The van der Waals surface area contributed by atoms with E-state index in [1.54, 1.807) is 0 Å². The number of fused-ring (bicyclic) bond motifs is 1. The van der Waals surface area contributed by atoms with E-state index in [4.69, 9.17) is 5.26 Å². The smallest absolute Gasteiger partial charge is 0.0991 e. The summed E-state index contributed by atoms with van der Waals surface area (Å²) in [6.07, 6.45) is 1.12. The van der Waals surface area contributed by atoms with Crippen LogP contribution in [0.4, 0.5) is 5.69 Å². The molecule has 0 radical (unpaired) electrons. The van der Waals surface area contributed by atoms with Gasteiger partial charge in [-0.3, -0.25) is 0 Å². The van der Waals surface area contributed by atoms with Gasteiger partial charge in [-0.05, 0) is 42.7 Å². The lowest BCUT2D eigenvalue weighted by Crippen LogP contribution is -2.28. The summed E-state index contributed by atoms with van der Waals surface area (Å²) in [5.41, 5.74) is 4.75. The Morgan fingerprint density at radius 1 is 1.16 bits per heavy atom. The molecule has 2 aromatic rings. The molecule has 0 saturated heterocycles. The number of benzene rings is 2. The molecule has 0 aromatic heterocycles. The van der Waals surface area contributed by atoms with Crippen molar-refractivity contribution in [3.63, 3.8) is 0 Å².